The van der Waals surface area contributed by atoms with Crippen LogP contribution in [0.3, 0.4) is 0 Å². The minimum Gasteiger partial charge on any atom is -0.207 e. The zero-order valence-corrected chi connectivity index (χ0v) is 13.7. The molecule has 2 aromatic rings. The number of hydrogen-bond donors (Lipinski definition) is 1. The summed E-state index contributed by atoms with van der Waals surface area (Å²) in [5.74, 6) is -0.383. The average molecular weight is 321 g/mol. The summed E-state index contributed by atoms with van der Waals surface area (Å²) in [5.41, 5.74) is 1.61. The van der Waals surface area contributed by atoms with E-state index in [1.807, 2.05) is 12.1 Å². The molecule has 0 heterocycles. The first-order chi connectivity index (χ1) is 10.2. The van der Waals surface area contributed by atoms with Gasteiger partial charge in [0.15, 0.2) is 0 Å². The molecule has 118 valence electrons. The van der Waals surface area contributed by atoms with Crippen molar-refractivity contribution in [3.8, 4) is 0 Å². The van der Waals surface area contributed by atoms with E-state index in [1.54, 1.807) is 24.3 Å². The molecule has 0 aliphatic heterocycles. The first-order valence-corrected chi connectivity index (χ1v) is 8.51. The second kappa shape index (κ2) is 6.18. The van der Waals surface area contributed by atoms with Gasteiger partial charge in [0.25, 0.3) is 0 Å². The van der Waals surface area contributed by atoms with Crippen molar-refractivity contribution in [3.05, 3.63) is 65.5 Å². The molecule has 0 fully saturated rings. The molecule has 5 heteroatoms. The predicted molar refractivity (Wildman–Crippen MR) is 85.6 cm³/mol. The fourth-order valence-electron chi connectivity index (χ4n) is 2.04. The van der Waals surface area contributed by atoms with Crippen LogP contribution in [-0.4, -0.2) is 8.42 Å². The van der Waals surface area contributed by atoms with Crippen molar-refractivity contribution in [1.82, 2.24) is 4.72 Å². The molecule has 0 aromatic heterocycles. The van der Waals surface area contributed by atoms with Crippen molar-refractivity contribution in [2.24, 2.45) is 0 Å². The molecule has 0 saturated carbocycles. The van der Waals surface area contributed by atoms with E-state index in [-0.39, 0.29) is 22.7 Å². The van der Waals surface area contributed by atoms with Crippen LogP contribution in [0.5, 0.6) is 0 Å². The molecule has 22 heavy (non-hydrogen) atoms. The summed E-state index contributed by atoms with van der Waals surface area (Å²) in [6.45, 7) is 6.26. The molecule has 3 nitrogen and oxygen atoms in total. The molecule has 0 unspecified atom stereocenters. The number of nitrogens with one attached hydrogen (secondary N) is 1. The van der Waals surface area contributed by atoms with Crippen molar-refractivity contribution in [3.63, 3.8) is 0 Å². The molecule has 2 aromatic carbocycles. The van der Waals surface area contributed by atoms with Gasteiger partial charge >= 0.3 is 0 Å². The van der Waals surface area contributed by atoms with E-state index in [4.69, 9.17) is 0 Å². The summed E-state index contributed by atoms with van der Waals surface area (Å²) in [7, 11) is -3.61. The fraction of sp³-hybridized carbons (Fsp3) is 0.294. The van der Waals surface area contributed by atoms with E-state index < -0.39 is 10.0 Å². The Morgan fingerprint density at radius 2 is 1.68 bits per heavy atom. The number of sulfonamides is 1. The van der Waals surface area contributed by atoms with Gasteiger partial charge in [-0.15, -0.1) is 0 Å². The normalized spacial score (nSPS) is 12.4. The molecule has 0 aliphatic rings. The summed E-state index contributed by atoms with van der Waals surface area (Å²) >= 11 is 0. The van der Waals surface area contributed by atoms with Crippen LogP contribution in [0.15, 0.2) is 53.4 Å². The smallest absolute Gasteiger partial charge is 0.207 e. The monoisotopic (exact) mass is 321 g/mol. The van der Waals surface area contributed by atoms with Gasteiger partial charge in [-0.1, -0.05) is 45.0 Å². The van der Waals surface area contributed by atoms with Gasteiger partial charge in [-0.05, 0) is 40.8 Å². The lowest BCUT2D eigenvalue weighted by molar-refractivity contribution is 0.577. The maximum atomic E-state index is 13.1. The van der Waals surface area contributed by atoms with Crippen LogP contribution in [0.1, 0.15) is 31.9 Å². The summed E-state index contributed by atoms with van der Waals surface area (Å²) in [6.07, 6.45) is 0. The molecule has 0 spiro atoms. The van der Waals surface area contributed by atoms with E-state index in [9.17, 15) is 12.8 Å². The summed E-state index contributed by atoms with van der Waals surface area (Å²) in [4.78, 5) is 0.205. The van der Waals surface area contributed by atoms with Gasteiger partial charge in [-0.2, -0.15) is 0 Å². The number of benzene rings is 2. The first kappa shape index (κ1) is 16.6. The van der Waals surface area contributed by atoms with Crippen LogP contribution >= 0.6 is 0 Å². The van der Waals surface area contributed by atoms with Gasteiger partial charge in [0.05, 0.1) is 4.90 Å². The molecule has 2 rings (SSSR count). The lowest BCUT2D eigenvalue weighted by atomic mass is 9.87. The highest BCUT2D eigenvalue weighted by Gasteiger charge is 2.17. The Bertz CT molecular complexity index is 747. The van der Waals surface area contributed by atoms with Crippen molar-refractivity contribution >= 4 is 10.0 Å². The Hall–Kier alpha value is -1.72. The minimum absolute atomic E-state index is 0.0305. The Morgan fingerprint density at radius 3 is 2.23 bits per heavy atom. The van der Waals surface area contributed by atoms with Gasteiger partial charge in [-0.25, -0.2) is 17.5 Å². The molecule has 0 atom stereocenters. The van der Waals surface area contributed by atoms with Gasteiger partial charge in [0, 0.05) is 6.54 Å². The largest absolute Gasteiger partial charge is 0.240 e. The average Bonchev–Trinajstić information content (AvgIpc) is 2.45. The SMILES string of the molecule is CC(C)(C)c1ccc(S(=O)(=O)NCc2cccc(F)c2)cc1. The highest BCUT2D eigenvalue weighted by molar-refractivity contribution is 7.89. The van der Waals surface area contributed by atoms with Gasteiger partial charge in [0.2, 0.25) is 10.0 Å². The summed E-state index contributed by atoms with van der Waals surface area (Å²) < 4.78 is 40.1. The van der Waals surface area contributed by atoms with Gasteiger partial charge in [-0.3, -0.25) is 0 Å². The van der Waals surface area contributed by atoms with Crippen LogP contribution in [-0.2, 0) is 22.0 Å². The number of hydrogen-bond acceptors (Lipinski definition) is 2. The lowest BCUT2D eigenvalue weighted by Crippen LogP contribution is -2.23. The van der Waals surface area contributed by atoms with Gasteiger partial charge in [0.1, 0.15) is 5.82 Å². The molecule has 0 aliphatic carbocycles. The zero-order chi connectivity index (χ0) is 16.4. The third kappa shape index (κ3) is 4.15. The lowest BCUT2D eigenvalue weighted by Gasteiger charge is -2.19. The second-order valence-electron chi connectivity index (χ2n) is 6.23. The molecule has 0 radical (unpaired) electrons. The summed E-state index contributed by atoms with van der Waals surface area (Å²) in [5, 5.41) is 0. The molecule has 0 amide bonds. The highest BCUT2D eigenvalue weighted by atomic mass is 32.2. The van der Waals surface area contributed by atoms with Crippen molar-refractivity contribution in [2.45, 2.75) is 37.6 Å². The van der Waals surface area contributed by atoms with Crippen LogP contribution in [0.4, 0.5) is 4.39 Å². The second-order valence-corrected chi connectivity index (χ2v) is 8.00. The summed E-state index contributed by atoms with van der Waals surface area (Å²) in [6, 6.07) is 12.7. The van der Waals surface area contributed by atoms with Crippen LogP contribution in [0, 0.1) is 5.82 Å². The quantitative estimate of drug-likeness (QED) is 0.935. The van der Waals surface area contributed by atoms with Crippen LogP contribution < -0.4 is 4.72 Å². The minimum atomic E-state index is -3.61. The maximum absolute atomic E-state index is 13.1. The van der Waals surface area contributed by atoms with E-state index in [0.29, 0.717) is 5.56 Å². The van der Waals surface area contributed by atoms with Crippen LogP contribution in [0.25, 0.3) is 0 Å². The number of halogens is 1. The molecular formula is C17H20FNO2S. The molecular weight excluding hydrogens is 301 g/mol. The van der Waals surface area contributed by atoms with Crippen molar-refractivity contribution < 1.29 is 12.8 Å². The Morgan fingerprint density at radius 1 is 1.05 bits per heavy atom. The number of rotatable bonds is 4. The highest BCUT2D eigenvalue weighted by Crippen LogP contribution is 2.23. The van der Waals surface area contributed by atoms with E-state index in [0.717, 1.165) is 5.56 Å². The Kier molecular flexibility index (Phi) is 4.68. The molecule has 1 N–H and O–H groups in total. The maximum Gasteiger partial charge on any atom is 0.240 e. The van der Waals surface area contributed by atoms with Crippen molar-refractivity contribution in [1.29, 1.82) is 0 Å². The van der Waals surface area contributed by atoms with Gasteiger partial charge < -0.3 is 0 Å². The fourth-order valence-corrected chi connectivity index (χ4v) is 3.06. The standard InChI is InChI=1S/C17H20FNO2S/c1-17(2,3)14-7-9-16(10-8-14)22(20,21)19-12-13-5-4-6-15(18)11-13/h4-11,19H,12H2,1-3H3. The third-order valence-electron chi connectivity index (χ3n) is 3.39. The zero-order valence-electron chi connectivity index (χ0n) is 12.9. The molecule has 0 bridgehead atoms. The van der Waals surface area contributed by atoms with E-state index >= 15 is 0 Å². The van der Waals surface area contributed by atoms with E-state index in [2.05, 4.69) is 25.5 Å². The van der Waals surface area contributed by atoms with Crippen molar-refractivity contribution in [2.75, 3.05) is 0 Å². The molecule has 0 saturated heterocycles. The predicted octanol–water partition coefficient (Wildman–Crippen LogP) is 3.60. The first-order valence-electron chi connectivity index (χ1n) is 7.03. The third-order valence-corrected chi connectivity index (χ3v) is 4.80. The Labute approximate surface area is 131 Å². The van der Waals surface area contributed by atoms with Crippen LogP contribution in [0.2, 0.25) is 0 Å². The Balaban J connectivity index is 2.13. The topological polar surface area (TPSA) is 46.2 Å². The van der Waals surface area contributed by atoms with E-state index in [1.165, 1.54) is 12.1 Å².